The summed E-state index contributed by atoms with van der Waals surface area (Å²) >= 11 is 0. The van der Waals surface area contributed by atoms with Crippen LogP contribution in [0.4, 0.5) is 0 Å². The van der Waals surface area contributed by atoms with Crippen molar-refractivity contribution in [3.8, 4) is 22.5 Å². The maximum Gasteiger partial charge on any atom is 0.257 e. The molecule has 2 aromatic carbocycles. The molecule has 2 amide bonds. The number of hydrogen-bond donors (Lipinski definition) is 2. The fourth-order valence-corrected chi connectivity index (χ4v) is 5.44. The topological polar surface area (TPSA) is 153 Å². The smallest absolute Gasteiger partial charge is 0.257 e. The first-order valence-electron chi connectivity index (χ1n) is 14.0. The molecule has 3 heterocycles. The van der Waals surface area contributed by atoms with E-state index in [4.69, 9.17) is 10.7 Å². The van der Waals surface area contributed by atoms with Gasteiger partial charge in [0, 0.05) is 29.8 Å². The van der Waals surface area contributed by atoms with Crippen molar-refractivity contribution in [1.29, 1.82) is 0 Å². The molecule has 1 saturated heterocycles. The van der Waals surface area contributed by atoms with Crippen molar-refractivity contribution >= 4 is 11.8 Å². The quantitative estimate of drug-likeness (QED) is 0.306. The lowest BCUT2D eigenvalue weighted by Crippen LogP contribution is -2.45. The Hall–Kier alpha value is -4.67. The lowest BCUT2D eigenvalue weighted by atomic mass is 9.98. The van der Waals surface area contributed by atoms with Crippen LogP contribution in [0, 0.1) is 6.92 Å². The summed E-state index contributed by atoms with van der Waals surface area (Å²) in [7, 11) is 0. The zero-order valence-corrected chi connectivity index (χ0v) is 23.3. The zero-order valence-electron chi connectivity index (χ0n) is 23.3. The standard InChI is InChI=1S/C30H34N8O3/c1-3-4-11-26-32-19(2)24(17-27(39)37-16-7-10-25(37)28(31)40)30(41)38(26)18-20-12-14-21(15-13-20)22-8-5-6-9-23(22)29-33-35-36-34-29/h5-6,8-9,12-15,25H,3-4,7,10-11,16-18H2,1-2H3,(H2,31,40)(H,33,34,35,36). The number of nitrogens with one attached hydrogen (secondary N) is 1. The van der Waals surface area contributed by atoms with Crippen molar-refractivity contribution in [2.45, 2.75) is 65.0 Å². The number of tetrazole rings is 1. The van der Waals surface area contributed by atoms with Crippen LogP contribution < -0.4 is 11.3 Å². The zero-order chi connectivity index (χ0) is 28.9. The Balaban J connectivity index is 1.44. The monoisotopic (exact) mass is 554 g/mol. The third kappa shape index (κ3) is 5.93. The Kier molecular flexibility index (Phi) is 8.32. The number of benzene rings is 2. The van der Waals surface area contributed by atoms with Gasteiger partial charge in [0.1, 0.15) is 11.9 Å². The number of carbonyl (C=O) groups excluding carboxylic acids is 2. The van der Waals surface area contributed by atoms with Crippen molar-refractivity contribution in [3.05, 3.63) is 81.5 Å². The number of carbonyl (C=O) groups is 2. The molecule has 41 heavy (non-hydrogen) atoms. The van der Waals surface area contributed by atoms with Gasteiger partial charge in [-0.15, -0.1) is 10.2 Å². The van der Waals surface area contributed by atoms with Crippen LogP contribution in [0.1, 0.15) is 55.3 Å². The van der Waals surface area contributed by atoms with E-state index in [-0.39, 0.29) is 17.9 Å². The summed E-state index contributed by atoms with van der Waals surface area (Å²) < 4.78 is 1.68. The third-order valence-electron chi connectivity index (χ3n) is 7.65. The number of hydrogen-bond acceptors (Lipinski definition) is 7. The largest absolute Gasteiger partial charge is 0.368 e. The molecule has 0 saturated carbocycles. The SMILES string of the molecule is CCCCc1nc(C)c(CC(=O)N2CCCC2C(N)=O)c(=O)n1Cc1ccc(-c2ccccc2-c2nn[nH]n2)cc1. The highest BCUT2D eigenvalue weighted by Crippen LogP contribution is 2.30. The number of primary amides is 1. The Morgan fingerprint density at radius 2 is 1.85 bits per heavy atom. The van der Waals surface area contributed by atoms with E-state index in [0.717, 1.165) is 35.1 Å². The Morgan fingerprint density at radius 3 is 2.54 bits per heavy atom. The van der Waals surface area contributed by atoms with Crippen molar-refractivity contribution in [2.75, 3.05) is 6.54 Å². The van der Waals surface area contributed by atoms with E-state index < -0.39 is 11.9 Å². The maximum absolute atomic E-state index is 13.8. The number of aromatic amines is 1. The van der Waals surface area contributed by atoms with Gasteiger partial charge in [-0.2, -0.15) is 5.21 Å². The molecule has 1 aliphatic rings. The molecular formula is C30H34N8O3. The normalized spacial score (nSPS) is 14.9. The summed E-state index contributed by atoms with van der Waals surface area (Å²) in [5.41, 5.74) is 9.94. The van der Waals surface area contributed by atoms with E-state index in [2.05, 4.69) is 27.5 Å². The molecular weight excluding hydrogens is 520 g/mol. The number of unbranched alkanes of at least 4 members (excludes halogenated alkanes) is 1. The van der Waals surface area contributed by atoms with Crippen LogP contribution in [-0.2, 0) is 29.0 Å². The molecule has 1 fully saturated rings. The van der Waals surface area contributed by atoms with Gasteiger partial charge in [-0.25, -0.2) is 4.98 Å². The molecule has 4 aromatic rings. The number of aromatic nitrogens is 6. The average molecular weight is 555 g/mol. The molecule has 0 radical (unpaired) electrons. The highest BCUT2D eigenvalue weighted by molar-refractivity contribution is 5.88. The highest BCUT2D eigenvalue weighted by Gasteiger charge is 2.33. The van der Waals surface area contributed by atoms with Crippen LogP contribution in [0.2, 0.25) is 0 Å². The van der Waals surface area contributed by atoms with Gasteiger partial charge in [-0.1, -0.05) is 61.9 Å². The first kappa shape index (κ1) is 27.9. The van der Waals surface area contributed by atoms with Gasteiger partial charge in [-0.05, 0) is 48.1 Å². The van der Waals surface area contributed by atoms with Gasteiger partial charge in [0.05, 0.1) is 13.0 Å². The van der Waals surface area contributed by atoms with E-state index in [1.165, 1.54) is 4.90 Å². The second-order valence-corrected chi connectivity index (χ2v) is 10.4. The number of nitrogens with two attached hydrogens (primary N) is 1. The minimum Gasteiger partial charge on any atom is -0.368 e. The van der Waals surface area contributed by atoms with Crippen molar-refractivity contribution in [1.82, 2.24) is 35.1 Å². The molecule has 1 aliphatic heterocycles. The molecule has 0 bridgehead atoms. The van der Waals surface area contributed by atoms with E-state index in [1.54, 1.807) is 11.5 Å². The van der Waals surface area contributed by atoms with Gasteiger partial charge < -0.3 is 10.6 Å². The number of rotatable bonds is 10. The lowest BCUT2D eigenvalue weighted by molar-refractivity contribution is -0.136. The fourth-order valence-electron chi connectivity index (χ4n) is 5.44. The highest BCUT2D eigenvalue weighted by atomic mass is 16.2. The molecule has 0 spiro atoms. The molecule has 1 atom stereocenters. The summed E-state index contributed by atoms with van der Waals surface area (Å²) in [5.74, 6) is 0.432. The van der Waals surface area contributed by atoms with Crippen LogP contribution in [0.25, 0.3) is 22.5 Å². The predicted molar refractivity (Wildman–Crippen MR) is 154 cm³/mol. The first-order chi connectivity index (χ1) is 19.9. The minimum absolute atomic E-state index is 0.110. The second-order valence-electron chi connectivity index (χ2n) is 10.4. The summed E-state index contributed by atoms with van der Waals surface area (Å²) in [6.45, 7) is 4.66. The van der Waals surface area contributed by atoms with Crippen LogP contribution in [0.3, 0.4) is 0 Å². The average Bonchev–Trinajstić information content (AvgIpc) is 3.69. The van der Waals surface area contributed by atoms with Crippen LogP contribution in [0.15, 0.2) is 53.3 Å². The molecule has 11 heteroatoms. The van der Waals surface area contributed by atoms with Crippen LogP contribution in [0.5, 0.6) is 0 Å². The number of H-pyrrole nitrogens is 1. The number of likely N-dealkylation sites (tertiary alicyclic amines) is 1. The Bertz CT molecular complexity index is 1600. The molecule has 2 aromatic heterocycles. The number of amides is 2. The molecule has 3 N–H and O–H groups in total. The van der Waals surface area contributed by atoms with Gasteiger partial charge in [0.2, 0.25) is 17.6 Å². The molecule has 11 nitrogen and oxygen atoms in total. The molecule has 0 aliphatic carbocycles. The van der Waals surface area contributed by atoms with Crippen LogP contribution in [-0.4, -0.2) is 59.5 Å². The molecule has 1 unspecified atom stereocenters. The van der Waals surface area contributed by atoms with Gasteiger partial charge in [0.15, 0.2) is 0 Å². The lowest BCUT2D eigenvalue weighted by Gasteiger charge is -2.23. The summed E-state index contributed by atoms with van der Waals surface area (Å²) in [4.78, 5) is 45.1. The van der Waals surface area contributed by atoms with E-state index >= 15 is 0 Å². The van der Waals surface area contributed by atoms with E-state index in [1.807, 2.05) is 48.5 Å². The summed E-state index contributed by atoms with van der Waals surface area (Å²) in [6, 6.07) is 15.2. The fraction of sp³-hybridized carbons (Fsp3) is 0.367. The number of aryl methyl sites for hydroxylation is 2. The van der Waals surface area contributed by atoms with Gasteiger partial charge >= 0.3 is 0 Å². The first-order valence-corrected chi connectivity index (χ1v) is 14.0. The Morgan fingerprint density at radius 1 is 1.10 bits per heavy atom. The second kappa shape index (κ2) is 12.2. The molecule has 212 valence electrons. The van der Waals surface area contributed by atoms with E-state index in [9.17, 15) is 14.4 Å². The minimum atomic E-state index is -0.620. The van der Waals surface area contributed by atoms with Gasteiger partial charge in [0.25, 0.3) is 5.56 Å². The molecule has 5 rings (SSSR count). The van der Waals surface area contributed by atoms with Gasteiger partial charge in [-0.3, -0.25) is 19.0 Å². The third-order valence-corrected chi connectivity index (χ3v) is 7.65. The predicted octanol–water partition coefficient (Wildman–Crippen LogP) is 2.81. The van der Waals surface area contributed by atoms with Crippen molar-refractivity contribution in [2.24, 2.45) is 5.73 Å². The Labute approximate surface area is 237 Å². The maximum atomic E-state index is 13.8. The summed E-state index contributed by atoms with van der Waals surface area (Å²) in [5, 5.41) is 14.4. The summed E-state index contributed by atoms with van der Waals surface area (Å²) in [6.07, 6.45) is 3.67. The van der Waals surface area contributed by atoms with E-state index in [0.29, 0.717) is 55.3 Å². The van der Waals surface area contributed by atoms with Crippen LogP contribution >= 0.6 is 0 Å². The number of nitrogens with zero attached hydrogens (tertiary/aromatic N) is 6. The van der Waals surface area contributed by atoms with Crippen molar-refractivity contribution < 1.29 is 9.59 Å². The van der Waals surface area contributed by atoms with Crippen molar-refractivity contribution in [3.63, 3.8) is 0 Å².